The summed E-state index contributed by atoms with van der Waals surface area (Å²) in [6.45, 7) is 11.8. The number of nitrogens with one attached hydrogen (secondary N) is 5. The van der Waals surface area contributed by atoms with Gasteiger partial charge in [0.05, 0.1) is 6.42 Å². The number of cyclic esters (lactones) is 1. The predicted molar refractivity (Wildman–Crippen MR) is 252 cm³/mol. The minimum absolute atomic E-state index is 0.00437. The van der Waals surface area contributed by atoms with Gasteiger partial charge in [-0.1, -0.05) is 90.1 Å². The molecule has 20 heteroatoms. The minimum Gasteiger partial charge on any atom is -0.508 e. The van der Waals surface area contributed by atoms with Crippen molar-refractivity contribution in [1.29, 1.82) is 0 Å². The molecule has 2 bridgehead atoms. The Morgan fingerprint density at radius 2 is 1.43 bits per heavy atom. The first-order valence-corrected chi connectivity index (χ1v) is 23.2. The molecule has 20 nitrogen and oxygen atoms in total. The van der Waals surface area contributed by atoms with Gasteiger partial charge in [0.25, 0.3) is 0 Å². The van der Waals surface area contributed by atoms with Crippen molar-refractivity contribution in [2.24, 2.45) is 23.5 Å². The molecular weight excluding hydrogens is 893 g/mol. The van der Waals surface area contributed by atoms with Crippen LogP contribution in [0.25, 0.3) is 0 Å². The number of aliphatic hydroxyl groups is 1. The van der Waals surface area contributed by atoms with E-state index >= 15 is 0 Å². The molecule has 2 aromatic rings. The van der Waals surface area contributed by atoms with Crippen LogP contribution in [-0.4, -0.2) is 135 Å². The van der Waals surface area contributed by atoms with Gasteiger partial charge >= 0.3 is 5.97 Å². The maximum absolute atomic E-state index is 14.7. The van der Waals surface area contributed by atoms with Crippen LogP contribution in [0.4, 0.5) is 0 Å². The van der Waals surface area contributed by atoms with Gasteiger partial charge in [-0.05, 0) is 67.2 Å². The molecule has 0 saturated carbocycles. The lowest BCUT2D eigenvalue weighted by Crippen LogP contribution is -2.62. The molecule has 0 aliphatic carbocycles. The highest BCUT2D eigenvalue weighted by molar-refractivity contribution is 5.99. The predicted octanol–water partition coefficient (Wildman–Crippen LogP) is 0.473. The highest BCUT2D eigenvalue weighted by atomic mass is 16.5. The van der Waals surface area contributed by atoms with Crippen molar-refractivity contribution >= 4 is 53.2 Å². The third-order valence-electron chi connectivity index (χ3n) is 11.8. The number of likely N-dealkylation sites (N-methyl/N-ethyl adjacent to an activating group) is 1. The van der Waals surface area contributed by atoms with Gasteiger partial charge in [0.15, 0.2) is 0 Å². The number of carbonyl (C=O) groups excluding carboxylic acids is 9. The summed E-state index contributed by atoms with van der Waals surface area (Å²) >= 11 is 0. The summed E-state index contributed by atoms with van der Waals surface area (Å²) in [7, 11) is 1.44. The minimum atomic E-state index is -1.84. The number of ether oxygens (including phenoxy) is 1. The summed E-state index contributed by atoms with van der Waals surface area (Å²) in [6, 6.07) is 4.64. The molecule has 69 heavy (non-hydrogen) atoms. The Bertz CT molecular complexity index is 2200. The van der Waals surface area contributed by atoms with Gasteiger partial charge in [0.2, 0.25) is 47.3 Å². The number of benzene rings is 2. The van der Waals surface area contributed by atoms with E-state index in [0.29, 0.717) is 11.1 Å². The Balaban J connectivity index is 1.79. The second-order valence-electron chi connectivity index (χ2n) is 18.9. The molecule has 376 valence electrons. The van der Waals surface area contributed by atoms with E-state index in [9.17, 15) is 53.4 Å². The summed E-state index contributed by atoms with van der Waals surface area (Å²) in [6.07, 6.45) is -1.00. The van der Waals surface area contributed by atoms with Crippen molar-refractivity contribution in [3.05, 3.63) is 78.0 Å². The Morgan fingerprint density at radius 3 is 2.03 bits per heavy atom. The number of phenols is 1. The van der Waals surface area contributed by atoms with E-state index in [1.165, 1.54) is 54.2 Å². The maximum Gasteiger partial charge on any atom is 0.329 e. The molecule has 0 unspecified atom stereocenters. The zero-order chi connectivity index (χ0) is 51.3. The first-order chi connectivity index (χ1) is 32.5. The zero-order valence-corrected chi connectivity index (χ0v) is 40.5. The lowest BCUT2D eigenvalue weighted by Gasteiger charge is -2.38. The number of aromatic hydroxyl groups is 1. The topological polar surface area (TPSA) is 296 Å². The van der Waals surface area contributed by atoms with Gasteiger partial charge in [-0.25, -0.2) is 4.79 Å². The van der Waals surface area contributed by atoms with Crippen LogP contribution in [-0.2, 0) is 60.7 Å². The quantitative estimate of drug-likeness (QED) is 0.113. The summed E-state index contributed by atoms with van der Waals surface area (Å²) in [5, 5.41) is 33.2. The van der Waals surface area contributed by atoms with Crippen LogP contribution in [0, 0.1) is 17.8 Å². The molecule has 4 rings (SSSR count). The smallest absolute Gasteiger partial charge is 0.329 e. The van der Waals surface area contributed by atoms with Gasteiger partial charge in [0.1, 0.15) is 60.3 Å². The summed E-state index contributed by atoms with van der Waals surface area (Å²) in [5.41, 5.74) is 6.60. The molecule has 2 aliphatic heterocycles. The molecular formula is C49H68N8O12. The lowest BCUT2D eigenvalue weighted by molar-refractivity contribution is -0.158. The normalized spacial score (nSPS) is 24.0. The maximum atomic E-state index is 14.7. The van der Waals surface area contributed by atoms with Crippen LogP contribution in [0.5, 0.6) is 5.75 Å². The molecule has 8 amide bonds. The fourth-order valence-electron chi connectivity index (χ4n) is 8.04. The monoisotopic (exact) mass is 960 g/mol. The van der Waals surface area contributed by atoms with E-state index in [1.54, 1.807) is 64.1 Å². The Kier molecular flexibility index (Phi) is 19.8. The first-order valence-electron chi connectivity index (χ1n) is 23.2. The van der Waals surface area contributed by atoms with Gasteiger partial charge in [-0.15, -0.1) is 0 Å². The third kappa shape index (κ3) is 15.6. The van der Waals surface area contributed by atoms with Gasteiger partial charge in [-0.3, -0.25) is 38.4 Å². The average Bonchev–Trinajstić information content (AvgIpc) is 3.28. The van der Waals surface area contributed by atoms with Crippen molar-refractivity contribution in [2.75, 3.05) is 7.05 Å². The Hall–Kier alpha value is -6.83. The molecule has 9 atom stereocenters. The zero-order valence-electron chi connectivity index (χ0n) is 40.5. The number of primary amides is 1. The van der Waals surface area contributed by atoms with Crippen molar-refractivity contribution in [1.82, 2.24) is 36.4 Å². The summed E-state index contributed by atoms with van der Waals surface area (Å²) < 4.78 is 5.85. The fourth-order valence-corrected chi connectivity index (χ4v) is 8.04. The van der Waals surface area contributed by atoms with E-state index in [-0.39, 0.29) is 49.7 Å². The largest absolute Gasteiger partial charge is 0.508 e. The number of amides is 8. The standard InChI is InChI=1S/C49H68N8O12/c1-26(2)21-34-42(61)51-33-15-12-20-57(47(33)66)37(22-27(3)4)48(67)56(8)36(23-30-13-10-9-11-14-30)44(63)54-40(28(5)6)49(68)69-29(7)41(46(65)53-34)55-43(62)35(25-39(50)60)52-45(64)38(59)24-31-16-18-32(58)19-17-31/h9-14,16-20,26-29,33-38,40-41,58-59H,15,21-25H2,1-8H3,(H2,50,60)(H,51,61)(H,52,64)(H,53,65)(H,54,63)(H,55,62)/t29-,33-,34-,35+,36-,37-,38-,40-,41-/m1/s1. The number of fused-ring (bicyclic) bond motifs is 2. The third-order valence-corrected chi connectivity index (χ3v) is 11.8. The lowest BCUT2D eigenvalue weighted by atomic mass is 9.96. The van der Waals surface area contributed by atoms with E-state index < -0.39 is 120 Å². The number of esters is 1. The molecule has 2 aliphatic rings. The molecule has 2 heterocycles. The molecule has 1 fully saturated rings. The summed E-state index contributed by atoms with van der Waals surface area (Å²) in [5.74, 6) is -9.10. The van der Waals surface area contributed by atoms with Crippen LogP contribution < -0.4 is 32.3 Å². The molecule has 9 N–H and O–H groups in total. The van der Waals surface area contributed by atoms with E-state index in [0.717, 1.165) is 0 Å². The van der Waals surface area contributed by atoms with Crippen LogP contribution in [0.1, 0.15) is 85.3 Å². The molecule has 1 saturated heterocycles. The Labute approximate surface area is 402 Å². The van der Waals surface area contributed by atoms with Crippen molar-refractivity contribution in [3.63, 3.8) is 0 Å². The Morgan fingerprint density at radius 1 is 0.797 bits per heavy atom. The van der Waals surface area contributed by atoms with Crippen molar-refractivity contribution < 1.29 is 58.1 Å². The van der Waals surface area contributed by atoms with Crippen LogP contribution in [0.2, 0.25) is 0 Å². The second kappa shape index (κ2) is 25.0. The second-order valence-corrected chi connectivity index (χ2v) is 18.9. The fraction of sp³-hybridized carbons (Fsp3) is 0.531. The number of nitrogens with zero attached hydrogens (tertiary/aromatic N) is 2. The highest BCUT2D eigenvalue weighted by Crippen LogP contribution is 2.23. The number of phenolic OH excluding ortho intramolecular Hbond substituents is 1. The van der Waals surface area contributed by atoms with Crippen LogP contribution in [0.3, 0.4) is 0 Å². The van der Waals surface area contributed by atoms with E-state index in [1.807, 2.05) is 13.8 Å². The van der Waals surface area contributed by atoms with E-state index in [4.69, 9.17) is 10.5 Å². The van der Waals surface area contributed by atoms with Crippen LogP contribution >= 0.6 is 0 Å². The number of nitrogens with two attached hydrogens (primary N) is 1. The van der Waals surface area contributed by atoms with Gasteiger partial charge in [0, 0.05) is 26.1 Å². The van der Waals surface area contributed by atoms with Crippen molar-refractivity contribution in [3.8, 4) is 5.75 Å². The number of rotatable bonds is 15. The first kappa shape index (κ1) is 54.8. The van der Waals surface area contributed by atoms with Gasteiger partial charge in [-0.2, -0.15) is 0 Å². The van der Waals surface area contributed by atoms with Crippen LogP contribution in [0.15, 0.2) is 66.9 Å². The van der Waals surface area contributed by atoms with Gasteiger partial charge < -0.3 is 57.1 Å². The average molecular weight is 961 g/mol. The number of hydrogen-bond donors (Lipinski definition) is 8. The molecule has 2 aromatic carbocycles. The SMILES string of the molecule is CC(C)C[C@@H]1C(=O)N(C)[C@H](Cc2ccccc2)C(=O)N[C@H](C(C)C)C(=O)O[C@H](C)[C@@H](NC(=O)[C@H](CC(N)=O)NC(=O)[C@H](O)Cc2ccc(O)cc2)C(=O)N[C@H](CC(C)C)C(=O)N[C@@H]2CC=CN1C2=O. The van der Waals surface area contributed by atoms with E-state index in [2.05, 4.69) is 26.6 Å². The number of carbonyl (C=O) groups is 9. The molecule has 0 radical (unpaired) electrons. The number of hydrogen-bond acceptors (Lipinski definition) is 12. The number of aliphatic hydroxyl groups excluding tert-OH is 1. The molecule has 0 aromatic heterocycles. The summed E-state index contributed by atoms with van der Waals surface area (Å²) in [4.78, 5) is 129. The molecule has 0 spiro atoms. The highest BCUT2D eigenvalue weighted by Gasteiger charge is 2.43. The van der Waals surface area contributed by atoms with Crippen molar-refractivity contribution in [2.45, 2.75) is 141 Å².